The fourth-order valence-corrected chi connectivity index (χ4v) is 2.91. The van der Waals surface area contributed by atoms with E-state index in [1.165, 1.54) is 0 Å². The largest absolute Gasteiger partial charge is 0.377 e. The second-order valence-corrected chi connectivity index (χ2v) is 5.50. The van der Waals surface area contributed by atoms with Gasteiger partial charge >= 0.3 is 0 Å². The summed E-state index contributed by atoms with van der Waals surface area (Å²) in [6, 6.07) is 4.13. The Morgan fingerprint density at radius 3 is 3.06 bits per heavy atom. The number of pyridine rings is 1. The first kappa shape index (κ1) is 11.9. The average Bonchev–Trinajstić information content (AvgIpc) is 2.65. The minimum Gasteiger partial charge on any atom is -0.377 e. The summed E-state index contributed by atoms with van der Waals surface area (Å²) < 4.78 is 5.54. The lowest BCUT2D eigenvalue weighted by Crippen LogP contribution is -2.13. The number of thioether (sulfide) groups is 1. The average molecular weight is 238 g/mol. The lowest BCUT2D eigenvalue weighted by atomic mass is 10.1. The van der Waals surface area contributed by atoms with Gasteiger partial charge in [0.25, 0.3) is 0 Å². The number of nitrogens with zero attached hydrogens (tertiary/aromatic N) is 1. The molecule has 0 spiro atoms. The summed E-state index contributed by atoms with van der Waals surface area (Å²) in [7, 11) is 0. The number of nitrogens with two attached hydrogens (primary N) is 1. The van der Waals surface area contributed by atoms with Crippen molar-refractivity contribution < 1.29 is 4.74 Å². The Morgan fingerprint density at radius 1 is 1.62 bits per heavy atom. The summed E-state index contributed by atoms with van der Waals surface area (Å²) in [6.45, 7) is 4.98. The predicted octanol–water partition coefficient (Wildman–Crippen LogP) is 2.37. The van der Waals surface area contributed by atoms with Crippen LogP contribution in [-0.2, 0) is 4.74 Å². The molecule has 2 rings (SSSR count). The molecule has 2 unspecified atom stereocenters. The minimum atomic E-state index is 0.0691. The lowest BCUT2D eigenvalue weighted by molar-refractivity contribution is 0.127. The fraction of sp³-hybridized carbons (Fsp3) is 0.583. The lowest BCUT2D eigenvalue weighted by Gasteiger charge is -2.13. The Balaban J connectivity index is 2.06. The number of aromatic nitrogens is 1. The molecule has 1 aliphatic heterocycles. The number of hydrogen-bond donors (Lipinski definition) is 1. The van der Waals surface area contributed by atoms with Gasteiger partial charge in [0.1, 0.15) is 0 Å². The molecule has 1 aromatic heterocycles. The molecule has 3 nitrogen and oxygen atoms in total. The number of hydrogen-bond acceptors (Lipinski definition) is 4. The van der Waals surface area contributed by atoms with E-state index in [-0.39, 0.29) is 6.04 Å². The second-order valence-electron chi connectivity index (χ2n) is 4.24. The first-order valence-electron chi connectivity index (χ1n) is 5.66. The van der Waals surface area contributed by atoms with Crippen LogP contribution in [0.1, 0.15) is 31.9 Å². The molecule has 0 bridgehead atoms. The Kier molecular flexibility index (Phi) is 3.84. The third kappa shape index (κ3) is 2.75. The second kappa shape index (κ2) is 5.17. The van der Waals surface area contributed by atoms with Gasteiger partial charge in [-0.1, -0.05) is 0 Å². The summed E-state index contributed by atoms with van der Waals surface area (Å²) in [5.41, 5.74) is 7.00. The molecule has 3 atom stereocenters. The van der Waals surface area contributed by atoms with Gasteiger partial charge in [0.05, 0.1) is 11.1 Å². The first-order valence-corrected chi connectivity index (χ1v) is 6.54. The SMILES string of the molecule is CC1OCCC1Sc1cc([C@H](C)N)ccn1. The van der Waals surface area contributed by atoms with E-state index in [1.807, 2.05) is 19.2 Å². The summed E-state index contributed by atoms with van der Waals surface area (Å²) >= 11 is 1.80. The van der Waals surface area contributed by atoms with Crippen LogP contribution < -0.4 is 5.73 Å². The maximum absolute atomic E-state index is 5.86. The van der Waals surface area contributed by atoms with Gasteiger partial charge in [-0.15, -0.1) is 11.8 Å². The number of rotatable bonds is 3. The van der Waals surface area contributed by atoms with Gasteiger partial charge in [-0.3, -0.25) is 0 Å². The minimum absolute atomic E-state index is 0.0691. The van der Waals surface area contributed by atoms with E-state index in [9.17, 15) is 0 Å². The van der Waals surface area contributed by atoms with E-state index in [0.29, 0.717) is 11.4 Å². The van der Waals surface area contributed by atoms with Crippen LogP contribution in [0.25, 0.3) is 0 Å². The highest BCUT2D eigenvalue weighted by Gasteiger charge is 2.25. The van der Waals surface area contributed by atoms with Gasteiger partial charge in [-0.2, -0.15) is 0 Å². The van der Waals surface area contributed by atoms with Gasteiger partial charge in [0.15, 0.2) is 0 Å². The maximum Gasteiger partial charge on any atom is 0.0966 e. The molecule has 4 heteroatoms. The summed E-state index contributed by atoms with van der Waals surface area (Å²) in [5.74, 6) is 0. The predicted molar refractivity (Wildman–Crippen MR) is 66.5 cm³/mol. The van der Waals surface area contributed by atoms with Crippen molar-refractivity contribution in [2.45, 2.75) is 42.7 Å². The van der Waals surface area contributed by atoms with E-state index in [4.69, 9.17) is 10.5 Å². The molecule has 0 saturated carbocycles. The smallest absolute Gasteiger partial charge is 0.0966 e. The molecule has 0 radical (unpaired) electrons. The molecule has 88 valence electrons. The molecule has 0 aliphatic carbocycles. The van der Waals surface area contributed by atoms with Crippen LogP contribution in [0.15, 0.2) is 23.4 Å². The van der Waals surface area contributed by atoms with Crippen LogP contribution in [0.5, 0.6) is 0 Å². The Labute approximate surface area is 101 Å². The summed E-state index contributed by atoms with van der Waals surface area (Å²) in [5, 5.41) is 1.58. The Morgan fingerprint density at radius 2 is 2.44 bits per heavy atom. The van der Waals surface area contributed by atoms with Crippen LogP contribution in [0.4, 0.5) is 0 Å². The fourth-order valence-electron chi connectivity index (χ4n) is 1.79. The first-order chi connectivity index (χ1) is 7.66. The van der Waals surface area contributed by atoms with E-state index < -0.39 is 0 Å². The Bertz CT molecular complexity index is 357. The monoisotopic (exact) mass is 238 g/mol. The van der Waals surface area contributed by atoms with Gasteiger partial charge in [-0.25, -0.2) is 4.98 Å². The normalized spacial score (nSPS) is 26.9. The molecular formula is C12H18N2OS. The molecular weight excluding hydrogens is 220 g/mol. The van der Waals surface area contributed by atoms with Crippen molar-refractivity contribution in [3.63, 3.8) is 0 Å². The molecule has 1 saturated heterocycles. The van der Waals surface area contributed by atoms with Crippen molar-refractivity contribution in [2.24, 2.45) is 5.73 Å². The highest BCUT2D eigenvalue weighted by molar-refractivity contribution is 7.99. The molecule has 1 aliphatic rings. The summed E-state index contributed by atoms with van der Waals surface area (Å²) in [6.07, 6.45) is 3.27. The number of ether oxygens (including phenoxy) is 1. The third-order valence-electron chi connectivity index (χ3n) is 2.86. The van der Waals surface area contributed by atoms with Crippen molar-refractivity contribution in [3.8, 4) is 0 Å². The zero-order valence-electron chi connectivity index (χ0n) is 9.72. The van der Waals surface area contributed by atoms with Crippen LogP contribution in [0.3, 0.4) is 0 Å². The van der Waals surface area contributed by atoms with E-state index in [2.05, 4.69) is 18.0 Å². The van der Waals surface area contributed by atoms with E-state index in [1.54, 1.807) is 11.8 Å². The van der Waals surface area contributed by atoms with Crippen molar-refractivity contribution in [3.05, 3.63) is 23.9 Å². The van der Waals surface area contributed by atoms with Crippen molar-refractivity contribution >= 4 is 11.8 Å². The molecule has 1 fully saturated rings. The van der Waals surface area contributed by atoms with Crippen LogP contribution in [0, 0.1) is 0 Å². The van der Waals surface area contributed by atoms with Crippen LogP contribution >= 0.6 is 11.8 Å². The van der Waals surface area contributed by atoms with E-state index in [0.717, 1.165) is 23.6 Å². The van der Waals surface area contributed by atoms with Gasteiger partial charge in [0, 0.05) is 24.1 Å². The van der Waals surface area contributed by atoms with Crippen LogP contribution in [-0.4, -0.2) is 22.9 Å². The quantitative estimate of drug-likeness (QED) is 0.878. The van der Waals surface area contributed by atoms with Gasteiger partial charge < -0.3 is 10.5 Å². The van der Waals surface area contributed by atoms with E-state index >= 15 is 0 Å². The van der Waals surface area contributed by atoms with Crippen molar-refractivity contribution in [1.29, 1.82) is 0 Å². The highest BCUT2D eigenvalue weighted by Crippen LogP contribution is 2.31. The third-order valence-corrected chi connectivity index (χ3v) is 4.25. The highest BCUT2D eigenvalue weighted by atomic mass is 32.2. The molecule has 16 heavy (non-hydrogen) atoms. The van der Waals surface area contributed by atoms with Crippen LogP contribution in [0.2, 0.25) is 0 Å². The molecule has 0 aromatic carbocycles. The summed E-state index contributed by atoms with van der Waals surface area (Å²) in [4.78, 5) is 4.37. The topological polar surface area (TPSA) is 48.1 Å². The Hall–Kier alpha value is -0.580. The zero-order chi connectivity index (χ0) is 11.5. The maximum atomic E-state index is 5.86. The molecule has 1 aromatic rings. The zero-order valence-corrected chi connectivity index (χ0v) is 10.5. The molecule has 0 amide bonds. The van der Waals surface area contributed by atoms with Crippen molar-refractivity contribution in [1.82, 2.24) is 4.98 Å². The molecule has 2 heterocycles. The van der Waals surface area contributed by atoms with Gasteiger partial charge in [-0.05, 0) is 38.0 Å². The van der Waals surface area contributed by atoms with Gasteiger partial charge in [0.2, 0.25) is 0 Å². The standard InChI is InChI=1S/C12H18N2OS/c1-8(13)10-3-5-14-12(7-10)16-11-4-6-15-9(11)2/h3,5,7-9,11H,4,6,13H2,1-2H3/t8-,9?,11?/m0/s1. The van der Waals surface area contributed by atoms with Crippen molar-refractivity contribution in [2.75, 3.05) is 6.61 Å². The molecule has 2 N–H and O–H groups in total.